The summed E-state index contributed by atoms with van der Waals surface area (Å²) >= 11 is 0. The van der Waals surface area contributed by atoms with Gasteiger partial charge in [0.05, 0.1) is 6.54 Å². The third kappa shape index (κ3) is 6.37. The van der Waals surface area contributed by atoms with Crippen molar-refractivity contribution in [2.45, 2.75) is 46.0 Å². The Morgan fingerprint density at radius 1 is 1.20 bits per heavy atom. The number of carbonyl (C=O) groups excluding carboxylic acids is 2. The predicted octanol–water partition coefficient (Wildman–Crippen LogP) is 1.13. The van der Waals surface area contributed by atoms with E-state index in [2.05, 4.69) is 19.2 Å². The lowest BCUT2D eigenvalue weighted by atomic mass is 9.94. The molecule has 1 aliphatic heterocycles. The van der Waals surface area contributed by atoms with E-state index in [1.54, 1.807) is 0 Å². The minimum absolute atomic E-state index is 0.0335. The molecule has 0 radical (unpaired) electrons. The van der Waals surface area contributed by atoms with E-state index in [9.17, 15) is 9.59 Å². The number of nitrogens with two attached hydrogens (primary N) is 1. The molecule has 1 fully saturated rings. The van der Waals surface area contributed by atoms with Crippen molar-refractivity contribution in [3.8, 4) is 0 Å². The molecule has 3 N–H and O–H groups in total. The molecule has 1 rings (SSSR count). The summed E-state index contributed by atoms with van der Waals surface area (Å²) in [4.78, 5) is 25.6. The van der Waals surface area contributed by atoms with E-state index in [1.807, 2.05) is 4.90 Å². The van der Waals surface area contributed by atoms with Gasteiger partial charge in [-0.25, -0.2) is 0 Å². The average Bonchev–Trinajstić information content (AvgIpc) is 2.44. The monoisotopic (exact) mass is 283 g/mol. The van der Waals surface area contributed by atoms with Crippen molar-refractivity contribution in [1.29, 1.82) is 0 Å². The van der Waals surface area contributed by atoms with E-state index < -0.39 is 0 Å². The maximum atomic E-state index is 11.9. The van der Waals surface area contributed by atoms with Crippen LogP contribution in [0.25, 0.3) is 0 Å². The van der Waals surface area contributed by atoms with Crippen LogP contribution in [0.3, 0.4) is 0 Å². The summed E-state index contributed by atoms with van der Waals surface area (Å²) in [5.74, 6) is 0.712. The summed E-state index contributed by atoms with van der Waals surface area (Å²) in [5.41, 5.74) is 5.69. The second-order valence-corrected chi connectivity index (χ2v) is 6.15. The Morgan fingerprint density at radius 3 is 2.40 bits per heavy atom. The van der Waals surface area contributed by atoms with Gasteiger partial charge in [0.1, 0.15) is 0 Å². The largest absolute Gasteiger partial charge is 0.347 e. The van der Waals surface area contributed by atoms with Crippen LogP contribution >= 0.6 is 0 Å². The van der Waals surface area contributed by atoms with E-state index in [0.29, 0.717) is 18.9 Å². The fraction of sp³-hybridized carbons (Fsp3) is 0.867. The normalized spacial score (nSPS) is 17.1. The second kappa shape index (κ2) is 8.95. The van der Waals surface area contributed by atoms with Gasteiger partial charge in [0.15, 0.2) is 0 Å². The summed E-state index contributed by atoms with van der Waals surface area (Å²) in [6.07, 6.45) is 4.71. The quantitative estimate of drug-likeness (QED) is 0.735. The first-order valence-electron chi connectivity index (χ1n) is 7.77. The van der Waals surface area contributed by atoms with E-state index in [0.717, 1.165) is 32.4 Å². The molecule has 20 heavy (non-hydrogen) atoms. The Bertz CT molecular complexity index is 312. The number of rotatable bonds is 7. The molecule has 0 aromatic carbocycles. The standard InChI is InChI=1S/C15H29N3O2/c1-12(2)8-13(10-16)9-14(19)17-11-15(20)18-6-4-3-5-7-18/h12-13H,3-11,16H2,1-2H3,(H,17,19)/t13-/m0/s1. The van der Waals surface area contributed by atoms with Gasteiger partial charge in [-0.3, -0.25) is 9.59 Å². The molecule has 0 spiro atoms. The number of carbonyl (C=O) groups is 2. The van der Waals surface area contributed by atoms with Gasteiger partial charge < -0.3 is 16.0 Å². The highest BCUT2D eigenvalue weighted by Gasteiger charge is 2.18. The lowest BCUT2D eigenvalue weighted by Crippen LogP contribution is -2.43. The third-order valence-corrected chi connectivity index (χ3v) is 3.76. The number of piperidine rings is 1. The van der Waals surface area contributed by atoms with Gasteiger partial charge in [0, 0.05) is 19.5 Å². The molecule has 5 heteroatoms. The molecular formula is C15H29N3O2. The van der Waals surface area contributed by atoms with Gasteiger partial charge in [0.2, 0.25) is 11.8 Å². The zero-order valence-corrected chi connectivity index (χ0v) is 12.9. The van der Waals surface area contributed by atoms with Crippen LogP contribution in [0.5, 0.6) is 0 Å². The van der Waals surface area contributed by atoms with Gasteiger partial charge in [-0.15, -0.1) is 0 Å². The molecule has 1 aliphatic rings. The van der Waals surface area contributed by atoms with Gasteiger partial charge >= 0.3 is 0 Å². The SMILES string of the molecule is CC(C)C[C@H](CN)CC(=O)NCC(=O)N1CCCCC1. The molecule has 0 unspecified atom stereocenters. The van der Waals surface area contributed by atoms with Crippen molar-refractivity contribution in [3.05, 3.63) is 0 Å². The predicted molar refractivity (Wildman–Crippen MR) is 80.1 cm³/mol. The maximum absolute atomic E-state index is 11.9. The fourth-order valence-corrected chi connectivity index (χ4v) is 2.69. The minimum atomic E-state index is -0.0635. The van der Waals surface area contributed by atoms with Crippen LogP contribution in [-0.2, 0) is 9.59 Å². The zero-order chi connectivity index (χ0) is 15.0. The maximum Gasteiger partial charge on any atom is 0.241 e. The molecule has 1 saturated heterocycles. The Balaban J connectivity index is 2.25. The van der Waals surface area contributed by atoms with Crippen LogP contribution in [0.4, 0.5) is 0 Å². The van der Waals surface area contributed by atoms with E-state index in [1.165, 1.54) is 6.42 Å². The number of nitrogens with zero attached hydrogens (tertiary/aromatic N) is 1. The lowest BCUT2D eigenvalue weighted by Gasteiger charge is -2.26. The van der Waals surface area contributed by atoms with E-state index >= 15 is 0 Å². The highest BCUT2D eigenvalue weighted by Crippen LogP contribution is 2.14. The molecular weight excluding hydrogens is 254 g/mol. The zero-order valence-electron chi connectivity index (χ0n) is 12.9. The highest BCUT2D eigenvalue weighted by atomic mass is 16.2. The molecule has 0 aliphatic carbocycles. The van der Waals surface area contributed by atoms with E-state index in [-0.39, 0.29) is 24.3 Å². The Hall–Kier alpha value is -1.10. The summed E-state index contributed by atoms with van der Waals surface area (Å²) in [7, 11) is 0. The molecule has 1 heterocycles. The highest BCUT2D eigenvalue weighted by molar-refractivity contribution is 5.84. The Morgan fingerprint density at radius 2 is 1.85 bits per heavy atom. The second-order valence-electron chi connectivity index (χ2n) is 6.15. The van der Waals surface area contributed by atoms with Crippen LogP contribution in [0, 0.1) is 11.8 Å². The summed E-state index contributed by atoms with van der Waals surface area (Å²) in [5, 5.41) is 2.73. The van der Waals surface area contributed by atoms with Crippen LogP contribution in [0.1, 0.15) is 46.0 Å². The molecule has 5 nitrogen and oxygen atoms in total. The van der Waals surface area contributed by atoms with Crippen molar-refractivity contribution in [2.75, 3.05) is 26.2 Å². The fourth-order valence-electron chi connectivity index (χ4n) is 2.69. The van der Waals surface area contributed by atoms with Crippen molar-refractivity contribution in [3.63, 3.8) is 0 Å². The van der Waals surface area contributed by atoms with E-state index in [4.69, 9.17) is 5.73 Å². The van der Waals surface area contributed by atoms with Crippen LogP contribution in [0.2, 0.25) is 0 Å². The smallest absolute Gasteiger partial charge is 0.241 e. The van der Waals surface area contributed by atoms with Crippen molar-refractivity contribution in [1.82, 2.24) is 10.2 Å². The first-order chi connectivity index (χ1) is 9.52. The number of hydrogen-bond acceptors (Lipinski definition) is 3. The minimum Gasteiger partial charge on any atom is -0.347 e. The molecule has 1 atom stereocenters. The van der Waals surface area contributed by atoms with Crippen molar-refractivity contribution >= 4 is 11.8 Å². The van der Waals surface area contributed by atoms with Crippen LogP contribution < -0.4 is 11.1 Å². The van der Waals surface area contributed by atoms with Crippen LogP contribution in [-0.4, -0.2) is 42.9 Å². The first-order valence-corrected chi connectivity index (χ1v) is 7.77. The Labute approximate surface area is 122 Å². The van der Waals surface area contributed by atoms with Gasteiger partial charge in [-0.2, -0.15) is 0 Å². The Kier molecular flexibility index (Phi) is 7.59. The summed E-state index contributed by atoms with van der Waals surface area (Å²) in [6, 6.07) is 0. The molecule has 0 aromatic rings. The van der Waals surface area contributed by atoms with Crippen molar-refractivity contribution < 1.29 is 9.59 Å². The number of nitrogens with one attached hydrogen (secondary N) is 1. The van der Waals surface area contributed by atoms with Crippen molar-refractivity contribution in [2.24, 2.45) is 17.6 Å². The van der Waals surface area contributed by atoms with Gasteiger partial charge in [0.25, 0.3) is 0 Å². The molecule has 0 aromatic heterocycles. The first kappa shape index (κ1) is 17.0. The molecule has 2 amide bonds. The third-order valence-electron chi connectivity index (χ3n) is 3.76. The molecule has 0 saturated carbocycles. The number of amides is 2. The van der Waals surface area contributed by atoms with Gasteiger partial charge in [-0.05, 0) is 44.1 Å². The number of likely N-dealkylation sites (tertiary alicyclic amines) is 1. The topological polar surface area (TPSA) is 75.4 Å². The lowest BCUT2D eigenvalue weighted by molar-refractivity contribution is -0.133. The average molecular weight is 283 g/mol. The molecule has 0 bridgehead atoms. The molecule has 116 valence electrons. The summed E-state index contributed by atoms with van der Waals surface area (Å²) < 4.78 is 0. The summed E-state index contributed by atoms with van der Waals surface area (Å²) in [6.45, 7) is 6.55. The number of hydrogen-bond donors (Lipinski definition) is 2. The van der Waals surface area contributed by atoms with Crippen LogP contribution in [0.15, 0.2) is 0 Å². The van der Waals surface area contributed by atoms with Gasteiger partial charge in [-0.1, -0.05) is 13.8 Å².